The topological polar surface area (TPSA) is 75.4 Å². The SMILES string of the molecule is CCC(N)C(=O)N1CCNC(=O)C1(C)C. The minimum Gasteiger partial charge on any atom is -0.352 e. The molecule has 0 aromatic rings. The van der Waals surface area contributed by atoms with E-state index in [-0.39, 0.29) is 11.8 Å². The Balaban J connectivity index is 2.84. The average Bonchev–Trinajstić information content (AvgIpc) is 2.20. The van der Waals surface area contributed by atoms with Crippen LogP contribution in [0.3, 0.4) is 0 Å². The van der Waals surface area contributed by atoms with Gasteiger partial charge in [-0.1, -0.05) is 6.92 Å². The summed E-state index contributed by atoms with van der Waals surface area (Å²) in [5.74, 6) is -0.261. The van der Waals surface area contributed by atoms with Gasteiger partial charge in [-0.3, -0.25) is 9.59 Å². The zero-order valence-corrected chi connectivity index (χ0v) is 9.54. The van der Waals surface area contributed by atoms with Gasteiger partial charge < -0.3 is 16.0 Å². The maximum atomic E-state index is 11.9. The Hall–Kier alpha value is -1.10. The van der Waals surface area contributed by atoms with E-state index in [9.17, 15) is 9.59 Å². The monoisotopic (exact) mass is 213 g/mol. The van der Waals surface area contributed by atoms with Crippen molar-refractivity contribution < 1.29 is 9.59 Å². The molecule has 0 aromatic carbocycles. The smallest absolute Gasteiger partial charge is 0.245 e. The molecule has 0 aliphatic carbocycles. The minimum atomic E-state index is -0.790. The Morgan fingerprint density at radius 1 is 1.67 bits per heavy atom. The van der Waals surface area contributed by atoms with Gasteiger partial charge in [-0.15, -0.1) is 0 Å². The first-order valence-corrected chi connectivity index (χ1v) is 5.26. The van der Waals surface area contributed by atoms with Crippen molar-refractivity contribution in [2.75, 3.05) is 13.1 Å². The summed E-state index contributed by atoms with van der Waals surface area (Å²) < 4.78 is 0. The molecule has 1 aliphatic heterocycles. The van der Waals surface area contributed by atoms with E-state index in [2.05, 4.69) is 5.32 Å². The molecule has 0 bridgehead atoms. The molecule has 0 saturated carbocycles. The summed E-state index contributed by atoms with van der Waals surface area (Å²) in [6.07, 6.45) is 0.590. The zero-order chi connectivity index (χ0) is 11.6. The number of carbonyl (C=O) groups is 2. The number of rotatable bonds is 2. The molecule has 0 radical (unpaired) electrons. The van der Waals surface area contributed by atoms with Crippen LogP contribution in [0.5, 0.6) is 0 Å². The first kappa shape index (κ1) is 12.0. The molecule has 1 fully saturated rings. The van der Waals surface area contributed by atoms with E-state index < -0.39 is 11.6 Å². The maximum absolute atomic E-state index is 11.9. The van der Waals surface area contributed by atoms with Crippen molar-refractivity contribution in [3.8, 4) is 0 Å². The quantitative estimate of drug-likeness (QED) is 0.647. The van der Waals surface area contributed by atoms with E-state index in [0.717, 1.165) is 0 Å². The number of piperazine rings is 1. The second-order valence-electron chi connectivity index (χ2n) is 4.32. The first-order valence-electron chi connectivity index (χ1n) is 5.26. The Morgan fingerprint density at radius 3 is 2.80 bits per heavy atom. The Bertz CT molecular complexity index is 276. The molecule has 5 heteroatoms. The van der Waals surface area contributed by atoms with E-state index in [1.54, 1.807) is 18.7 Å². The third-order valence-corrected chi connectivity index (χ3v) is 2.87. The minimum absolute atomic E-state index is 0.120. The second-order valence-corrected chi connectivity index (χ2v) is 4.32. The number of nitrogens with one attached hydrogen (secondary N) is 1. The van der Waals surface area contributed by atoms with Gasteiger partial charge in [0.25, 0.3) is 0 Å². The molecular formula is C10H19N3O2. The Kier molecular flexibility index (Phi) is 3.34. The predicted molar refractivity (Wildman–Crippen MR) is 57.1 cm³/mol. The highest BCUT2D eigenvalue weighted by Crippen LogP contribution is 2.18. The van der Waals surface area contributed by atoms with Gasteiger partial charge in [0.2, 0.25) is 11.8 Å². The van der Waals surface area contributed by atoms with Crippen molar-refractivity contribution in [1.82, 2.24) is 10.2 Å². The summed E-state index contributed by atoms with van der Waals surface area (Å²) in [4.78, 5) is 25.1. The maximum Gasteiger partial charge on any atom is 0.245 e. The number of nitrogens with zero attached hydrogens (tertiary/aromatic N) is 1. The lowest BCUT2D eigenvalue weighted by molar-refractivity contribution is -0.150. The molecule has 5 nitrogen and oxygen atoms in total. The van der Waals surface area contributed by atoms with E-state index in [0.29, 0.717) is 19.5 Å². The van der Waals surface area contributed by atoms with Gasteiger partial charge in [0.15, 0.2) is 0 Å². The Labute approximate surface area is 90.0 Å². The Morgan fingerprint density at radius 2 is 2.27 bits per heavy atom. The van der Waals surface area contributed by atoms with Crippen LogP contribution >= 0.6 is 0 Å². The largest absolute Gasteiger partial charge is 0.352 e. The van der Waals surface area contributed by atoms with E-state index >= 15 is 0 Å². The molecule has 3 N–H and O–H groups in total. The van der Waals surface area contributed by atoms with Crippen LogP contribution in [0.4, 0.5) is 0 Å². The van der Waals surface area contributed by atoms with Crippen LogP contribution in [0, 0.1) is 0 Å². The number of hydrogen-bond acceptors (Lipinski definition) is 3. The summed E-state index contributed by atoms with van der Waals surface area (Å²) >= 11 is 0. The molecular weight excluding hydrogens is 194 g/mol. The third kappa shape index (κ3) is 2.12. The third-order valence-electron chi connectivity index (χ3n) is 2.87. The summed E-state index contributed by atoms with van der Waals surface area (Å²) in [5, 5.41) is 2.74. The predicted octanol–water partition coefficient (Wildman–Crippen LogP) is -0.539. The molecule has 86 valence electrons. The molecule has 1 saturated heterocycles. The number of carbonyl (C=O) groups excluding carboxylic acids is 2. The number of nitrogens with two attached hydrogens (primary N) is 1. The van der Waals surface area contributed by atoms with Crippen molar-refractivity contribution in [1.29, 1.82) is 0 Å². The molecule has 1 atom stereocenters. The normalized spacial score (nSPS) is 22.1. The summed E-state index contributed by atoms with van der Waals surface area (Å²) in [7, 11) is 0. The fourth-order valence-corrected chi connectivity index (χ4v) is 1.66. The van der Waals surface area contributed by atoms with E-state index in [1.807, 2.05) is 6.92 Å². The fraction of sp³-hybridized carbons (Fsp3) is 0.800. The molecule has 0 aromatic heterocycles. The van der Waals surface area contributed by atoms with Gasteiger partial charge in [-0.2, -0.15) is 0 Å². The molecule has 1 aliphatic rings. The molecule has 1 heterocycles. The van der Waals surface area contributed by atoms with E-state index in [1.165, 1.54) is 0 Å². The standard InChI is InChI=1S/C10H19N3O2/c1-4-7(11)8(14)13-6-5-12-9(15)10(13,2)3/h7H,4-6,11H2,1-3H3,(H,12,15). The fourth-order valence-electron chi connectivity index (χ4n) is 1.66. The molecule has 2 amide bonds. The first-order chi connectivity index (χ1) is 6.91. The van der Waals surface area contributed by atoms with Crippen molar-refractivity contribution in [3.63, 3.8) is 0 Å². The molecule has 15 heavy (non-hydrogen) atoms. The lowest BCUT2D eigenvalue weighted by atomic mass is 9.97. The lowest BCUT2D eigenvalue weighted by Gasteiger charge is -2.42. The van der Waals surface area contributed by atoms with Crippen LogP contribution in [0.15, 0.2) is 0 Å². The van der Waals surface area contributed by atoms with Crippen LogP contribution in [0.1, 0.15) is 27.2 Å². The second kappa shape index (κ2) is 4.18. The van der Waals surface area contributed by atoms with Crippen LogP contribution in [0.25, 0.3) is 0 Å². The average molecular weight is 213 g/mol. The van der Waals surface area contributed by atoms with Crippen molar-refractivity contribution in [3.05, 3.63) is 0 Å². The number of amides is 2. The van der Waals surface area contributed by atoms with Crippen LogP contribution in [-0.4, -0.2) is 41.4 Å². The highest BCUT2D eigenvalue weighted by atomic mass is 16.2. The molecule has 1 rings (SSSR count). The van der Waals surface area contributed by atoms with Crippen molar-refractivity contribution >= 4 is 11.8 Å². The van der Waals surface area contributed by atoms with Gasteiger partial charge >= 0.3 is 0 Å². The van der Waals surface area contributed by atoms with Gasteiger partial charge in [-0.05, 0) is 20.3 Å². The molecule has 1 unspecified atom stereocenters. The highest BCUT2D eigenvalue weighted by molar-refractivity contribution is 5.93. The molecule has 0 spiro atoms. The van der Waals surface area contributed by atoms with Gasteiger partial charge in [0.05, 0.1) is 6.04 Å². The van der Waals surface area contributed by atoms with Crippen molar-refractivity contribution in [2.24, 2.45) is 5.73 Å². The van der Waals surface area contributed by atoms with Crippen LogP contribution < -0.4 is 11.1 Å². The number of hydrogen-bond donors (Lipinski definition) is 2. The summed E-state index contributed by atoms with van der Waals surface area (Å²) in [5.41, 5.74) is 4.90. The summed E-state index contributed by atoms with van der Waals surface area (Å²) in [6, 6.07) is -0.504. The van der Waals surface area contributed by atoms with Gasteiger partial charge in [-0.25, -0.2) is 0 Å². The van der Waals surface area contributed by atoms with Crippen LogP contribution in [-0.2, 0) is 9.59 Å². The lowest BCUT2D eigenvalue weighted by Crippen LogP contribution is -2.65. The van der Waals surface area contributed by atoms with Gasteiger partial charge in [0.1, 0.15) is 5.54 Å². The van der Waals surface area contributed by atoms with E-state index in [4.69, 9.17) is 5.73 Å². The zero-order valence-electron chi connectivity index (χ0n) is 9.54. The highest BCUT2D eigenvalue weighted by Gasteiger charge is 2.41. The van der Waals surface area contributed by atoms with Gasteiger partial charge in [0, 0.05) is 13.1 Å². The van der Waals surface area contributed by atoms with Crippen LogP contribution in [0.2, 0.25) is 0 Å². The summed E-state index contributed by atoms with van der Waals surface area (Å²) in [6.45, 7) is 6.37. The van der Waals surface area contributed by atoms with Crippen molar-refractivity contribution in [2.45, 2.75) is 38.8 Å².